The Morgan fingerprint density at radius 3 is 2.69 bits per heavy atom. The van der Waals surface area contributed by atoms with Gasteiger partial charge in [0.05, 0.1) is 11.9 Å². The van der Waals surface area contributed by atoms with Crippen LogP contribution in [0.1, 0.15) is 5.69 Å². The maximum Gasteiger partial charge on any atom is 0.0903 e. The van der Waals surface area contributed by atoms with Gasteiger partial charge in [-0.3, -0.25) is 15.0 Å². The number of nitrogens with zero attached hydrogens (tertiary/aromatic N) is 3. The molecule has 2 rings (SSSR count). The highest BCUT2D eigenvalue weighted by Gasteiger charge is 2.01. The van der Waals surface area contributed by atoms with Crippen molar-refractivity contribution in [2.24, 2.45) is 0 Å². The smallest absolute Gasteiger partial charge is 0.0903 e. The van der Waals surface area contributed by atoms with Gasteiger partial charge in [-0.15, -0.1) is 0 Å². The van der Waals surface area contributed by atoms with Crippen molar-refractivity contribution in [2.75, 3.05) is 0 Å². The molecule has 0 unspecified atom stereocenters. The fourth-order valence-corrected chi connectivity index (χ4v) is 1.19. The number of hydrogen-bond acceptors (Lipinski definition) is 3. The van der Waals surface area contributed by atoms with Gasteiger partial charge in [0, 0.05) is 29.8 Å². The Labute approximate surface area is 76.5 Å². The molecule has 2 heterocycles. The molecule has 0 aliphatic carbocycles. The normalized spacial score (nSPS) is 9.92. The molecule has 0 radical (unpaired) electrons. The fraction of sp³-hybridized carbons (Fsp3) is 0.100. The molecule has 0 fully saturated rings. The summed E-state index contributed by atoms with van der Waals surface area (Å²) in [5, 5.41) is 0. The van der Waals surface area contributed by atoms with E-state index in [1.807, 2.05) is 19.1 Å². The van der Waals surface area contributed by atoms with E-state index in [0.717, 1.165) is 17.0 Å². The molecule has 0 bridgehead atoms. The molecule has 0 aromatic carbocycles. The van der Waals surface area contributed by atoms with Crippen molar-refractivity contribution in [3.05, 3.63) is 42.6 Å². The zero-order chi connectivity index (χ0) is 9.10. The molecule has 0 spiro atoms. The average molecular weight is 171 g/mol. The zero-order valence-electron chi connectivity index (χ0n) is 7.31. The first-order valence-corrected chi connectivity index (χ1v) is 4.06. The summed E-state index contributed by atoms with van der Waals surface area (Å²) < 4.78 is 0. The fourth-order valence-electron chi connectivity index (χ4n) is 1.19. The molecule has 3 nitrogen and oxygen atoms in total. The lowest BCUT2D eigenvalue weighted by Crippen LogP contribution is -1.89. The Morgan fingerprint density at radius 1 is 1.08 bits per heavy atom. The third-order valence-electron chi connectivity index (χ3n) is 1.85. The molecule has 0 saturated heterocycles. The predicted molar refractivity (Wildman–Crippen MR) is 50.0 cm³/mol. The number of aryl methyl sites for hydroxylation is 1. The number of aromatic nitrogens is 3. The Hall–Kier alpha value is -1.77. The zero-order valence-corrected chi connectivity index (χ0v) is 7.31. The predicted octanol–water partition coefficient (Wildman–Crippen LogP) is 1.85. The molecular formula is C10H9N3. The summed E-state index contributed by atoms with van der Waals surface area (Å²) in [6.45, 7) is 1.96. The van der Waals surface area contributed by atoms with Crippen LogP contribution in [0.2, 0.25) is 0 Å². The highest BCUT2D eigenvalue weighted by molar-refractivity contribution is 5.59. The lowest BCUT2D eigenvalue weighted by Gasteiger charge is -2.01. The molecule has 0 amide bonds. The summed E-state index contributed by atoms with van der Waals surface area (Å²) in [6, 6.07) is 3.89. The molecular weight excluding hydrogens is 162 g/mol. The van der Waals surface area contributed by atoms with Crippen LogP contribution in [0.15, 0.2) is 36.9 Å². The van der Waals surface area contributed by atoms with Crippen LogP contribution in [0.4, 0.5) is 0 Å². The van der Waals surface area contributed by atoms with E-state index in [4.69, 9.17) is 0 Å². The van der Waals surface area contributed by atoms with Crippen LogP contribution in [-0.4, -0.2) is 15.0 Å². The van der Waals surface area contributed by atoms with E-state index in [2.05, 4.69) is 15.0 Å². The van der Waals surface area contributed by atoms with Gasteiger partial charge in [0.25, 0.3) is 0 Å². The van der Waals surface area contributed by atoms with Crippen molar-refractivity contribution >= 4 is 0 Å². The van der Waals surface area contributed by atoms with Crippen LogP contribution < -0.4 is 0 Å². The summed E-state index contributed by atoms with van der Waals surface area (Å²) in [5.74, 6) is 0. The first-order valence-electron chi connectivity index (χ1n) is 4.06. The van der Waals surface area contributed by atoms with E-state index >= 15 is 0 Å². The van der Waals surface area contributed by atoms with Gasteiger partial charge in [0.15, 0.2) is 0 Å². The maximum absolute atomic E-state index is 4.21. The summed E-state index contributed by atoms with van der Waals surface area (Å²) in [4.78, 5) is 12.4. The quantitative estimate of drug-likeness (QED) is 0.657. The number of rotatable bonds is 1. The molecule has 0 atom stereocenters. The van der Waals surface area contributed by atoms with Gasteiger partial charge in [0.2, 0.25) is 0 Å². The molecule has 64 valence electrons. The number of hydrogen-bond donors (Lipinski definition) is 0. The first-order chi connectivity index (χ1) is 6.38. The SMILES string of the molecule is Cc1ncccc1-c1cnccn1. The lowest BCUT2D eigenvalue weighted by atomic mass is 10.1. The van der Waals surface area contributed by atoms with Crippen molar-refractivity contribution in [1.82, 2.24) is 15.0 Å². The van der Waals surface area contributed by atoms with Crippen molar-refractivity contribution in [3.8, 4) is 11.3 Å². The maximum atomic E-state index is 4.21. The molecule has 13 heavy (non-hydrogen) atoms. The summed E-state index contributed by atoms with van der Waals surface area (Å²) >= 11 is 0. The second-order valence-corrected chi connectivity index (χ2v) is 2.73. The van der Waals surface area contributed by atoms with E-state index in [1.54, 1.807) is 24.8 Å². The van der Waals surface area contributed by atoms with Gasteiger partial charge < -0.3 is 0 Å². The minimum absolute atomic E-state index is 0.869. The third kappa shape index (κ3) is 1.54. The first kappa shape index (κ1) is 7.86. The van der Waals surface area contributed by atoms with Crippen LogP contribution in [0, 0.1) is 6.92 Å². The Kier molecular flexibility index (Phi) is 2.00. The largest absolute Gasteiger partial charge is 0.261 e. The number of pyridine rings is 1. The lowest BCUT2D eigenvalue weighted by molar-refractivity contribution is 1.16. The highest BCUT2D eigenvalue weighted by atomic mass is 14.8. The molecule has 0 N–H and O–H groups in total. The topological polar surface area (TPSA) is 38.7 Å². The molecule has 2 aromatic rings. The third-order valence-corrected chi connectivity index (χ3v) is 1.85. The van der Waals surface area contributed by atoms with E-state index in [-0.39, 0.29) is 0 Å². The van der Waals surface area contributed by atoms with Crippen LogP contribution in [-0.2, 0) is 0 Å². The van der Waals surface area contributed by atoms with Crippen LogP contribution >= 0.6 is 0 Å². The molecule has 0 aliphatic heterocycles. The minimum atomic E-state index is 0.869. The Balaban J connectivity index is 2.54. The van der Waals surface area contributed by atoms with Gasteiger partial charge in [0.1, 0.15) is 0 Å². The average Bonchev–Trinajstić information content (AvgIpc) is 2.20. The Morgan fingerprint density at radius 2 is 2.00 bits per heavy atom. The molecule has 3 heteroatoms. The molecule has 0 aliphatic rings. The second kappa shape index (κ2) is 3.31. The van der Waals surface area contributed by atoms with Crippen molar-refractivity contribution in [3.63, 3.8) is 0 Å². The van der Waals surface area contributed by atoms with Crippen LogP contribution in [0.25, 0.3) is 11.3 Å². The van der Waals surface area contributed by atoms with Gasteiger partial charge in [-0.05, 0) is 19.1 Å². The van der Waals surface area contributed by atoms with Gasteiger partial charge >= 0.3 is 0 Å². The van der Waals surface area contributed by atoms with Gasteiger partial charge in [-0.25, -0.2) is 0 Å². The molecule has 0 saturated carbocycles. The van der Waals surface area contributed by atoms with Gasteiger partial charge in [-0.1, -0.05) is 0 Å². The summed E-state index contributed by atoms with van der Waals surface area (Å²) in [5.41, 5.74) is 2.88. The van der Waals surface area contributed by atoms with E-state index in [0.29, 0.717) is 0 Å². The highest BCUT2D eigenvalue weighted by Crippen LogP contribution is 2.17. The minimum Gasteiger partial charge on any atom is -0.261 e. The Bertz CT molecular complexity index is 398. The summed E-state index contributed by atoms with van der Waals surface area (Å²) in [6.07, 6.45) is 6.86. The monoisotopic (exact) mass is 171 g/mol. The van der Waals surface area contributed by atoms with E-state index in [1.165, 1.54) is 0 Å². The van der Waals surface area contributed by atoms with Crippen molar-refractivity contribution < 1.29 is 0 Å². The second-order valence-electron chi connectivity index (χ2n) is 2.73. The van der Waals surface area contributed by atoms with Crippen LogP contribution in [0.5, 0.6) is 0 Å². The van der Waals surface area contributed by atoms with E-state index in [9.17, 15) is 0 Å². The molecule has 2 aromatic heterocycles. The van der Waals surface area contributed by atoms with Crippen LogP contribution in [0.3, 0.4) is 0 Å². The summed E-state index contributed by atoms with van der Waals surface area (Å²) in [7, 11) is 0. The van der Waals surface area contributed by atoms with Gasteiger partial charge in [-0.2, -0.15) is 0 Å². The van der Waals surface area contributed by atoms with Crippen molar-refractivity contribution in [2.45, 2.75) is 6.92 Å². The van der Waals surface area contributed by atoms with Crippen molar-refractivity contribution in [1.29, 1.82) is 0 Å². The van der Waals surface area contributed by atoms with E-state index < -0.39 is 0 Å². The standard InChI is InChI=1S/C10H9N3/c1-8-9(3-2-4-12-8)10-7-11-5-6-13-10/h2-7H,1H3.